The molecule has 1 aromatic carbocycles. The van der Waals surface area contributed by atoms with Gasteiger partial charge in [-0.25, -0.2) is 0 Å². The first-order valence-corrected chi connectivity index (χ1v) is 5.01. The third-order valence-electron chi connectivity index (χ3n) is 2.04. The Hall–Kier alpha value is -1.22. The van der Waals surface area contributed by atoms with E-state index in [9.17, 15) is 4.79 Å². The van der Waals surface area contributed by atoms with Gasteiger partial charge in [0.15, 0.2) is 6.29 Å². The van der Waals surface area contributed by atoms with Crippen molar-refractivity contribution in [3.8, 4) is 0 Å². The summed E-state index contributed by atoms with van der Waals surface area (Å²) in [7, 11) is 0. The van der Waals surface area contributed by atoms with Crippen molar-refractivity contribution >= 4 is 33.1 Å². The van der Waals surface area contributed by atoms with Crippen LogP contribution in [0.2, 0.25) is 0 Å². The van der Waals surface area contributed by atoms with Crippen LogP contribution in [0.25, 0.3) is 10.9 Å². The third kappa shape index (κ3) is 1.55. The van der Waals surface area contributed by atoms with Gasteiger partial charge in [0, 0.05) is 21.6 Å². The lowest BCUT2D eigenvalue weighted by molar-refractivity contribution is 0.112. The predicted octanol–water partition coefficient (Wildman–Crippen LogP) is 3.12. The summed E-state index contributed by atoms with van der Waals surface area (Å²) >= 11 is 3.44. The standard InChI is InChI=1S/C11H8BrNO/c1-7-2-9-4-8(6-14)5-13-11(9)10(12)3-7/h2-6H,1H3. The number of hydrogen-bond donors (Lipinski definition) is 0. The van der Waals surface area contributed by atoms with E-state index in [1.807, 2.05) is 25.1 Å². The molecule has 0 aliphatic carbocycles. The number of aromatic nitrogens is 1. The molecule has 1 heterocycles. The van der Waals surface area contributed by atoms with Crippen molar-refractivity contribution in [2.24, 2.45) is 0 Å². The smallest absolute Gasteiger partial charge is 0.151 e. The highest BCUT2D eigenvalue weighted by Crippen LogP contribution is 2.24. The Bertz CT molecular complexity index is 508. The van der Waals surface area contributed by atoms with E-state index in [1.165, 1.54) is 0 Å². The van der Waals surface area contributed by atoms with Crippen LogP contribution in [0, 0.1) is 6.92 Å². The number of carbonyl (C=O) groups excluding carboxylic acids is 1. The van der Waals surface area contributed by atoms with Crippen LogP contribution < -0.4 is 0 Å². The molecular weight excluding hydrogens is 242 g/mol. The molecule has 2 rings (SSSR count). The molecule has 3 heteroatoms. The molecule has 2 nitrogen and oxygen atoms in total. The molecule has 0 aliphatic heterocycles. The maximum absolute atomic E-state index is 10.6. The summed E-state index contributed by atoms with van der Waals surface area (Å²) in [5, 5.41) is 0.987. The maximum Gasteiger partial charge on any atom is 0.151 e. The molecule has 0 N–H and O–H groups in total. The van der Waals surface area contributed by atoms with Gasteiger partial charge < -0.3 is 0 Å². The highest BCUT2D eigenvalue weighted by atomic mass is 79.9. The van der Waals surface area contributed by atoms with Gasteiger partial charge in [0.2, 0.25) is 0 Å². The SMILES string of the molecule is Cc1cc(Br)c2ncc(C=O)cc2c1. The number of halogens is 1. The molecular formula is C11H8BrNO. The fourth-order valence-corrected chi connectivity index (χ4v) is 2.12. The molecule has 70 valence electrons. The average Bonchev–Trinajstić information content (AvgIpc) is 2.16. The molecule has 0 aliphatic rings. The van der Waals surface area contributed by atoms with Gasteiger partial charge in [0.05, 0.1) is 5.52 Å². The molecule has 0 bridgehead atoms. The van der Waals surface area contributed by atoms with Crippen LogP contribution in [-0.2, 0) is 0 Å². The van der Waals surface area contributed by atoms with E-state index in [-0.39, 0.29) is 0 Å². The summed E-state index contributed by atoms with van der Waals surface area (Å²) in [6.45, 7) is 2.01. The highest BCUT2D eigenvalue weighted by molar-refractivity contribution is 9.10. The number of aryl methyl sites for hydroxylation is 1. The van der Waals surface area contributed by atoms with Crippen molar-refractivity contribution in [3.63, 3.8) is 0 Å². The van der Waals surface area contributed by atoms with Gasteiger partial charge in [-0.3, -0.25) is 9.78 Å². The highest BCUT2D eigenvalue weighted by Gasteiger charge is 2.02. The van der Waals surface area contributed by atoms with E-state index in [1.54, 1.807) is 6.20 Å². The maximum atomic E-state index is 10.6. The lowest BCUT2D eigenvalue weighted by Crippen LogP contribution is -1.86. The third-order valence-corrected chi connectivity index (χ3v) is 2.64. The monoisotopic (exact) mass is 249 g/mol. The summed E-state index contributed by atoms with van der Waals surface area (Å²) in [5.74, 6) is 0. The van der Waals surface area contributed by atoms with Crippen LogP contribution in [-0.4, -0.2) is 11.3 Å². The summed E-state index contributed by atoms with van der Waals surface area (Å²) in [5.41, 5.74) is 2.64. The molecule has 0 radical (unpaired) electrons. The summed E-state index contributed by atoms with van der Waals surface area (Å²) in [4.78, 5) is 14.8. The first kappa shape index (κ1) is 9.34. The molecule has 1 aromatic heterocycles. The Balaban J connectivity index is 2.81. The van der Waals surface area contributed by atoms with E-state index in [0.29, 0.717) is 5.56 Å². The first-order chi connectivity index (χ1) is 6.70. The van der Waals surface area contributed by atoms with E-state index in [2.05, 4.69) is 20.9 Å². The van der Waals surface area contributed by atoms with E-state index in [0.717, 1.165) is 27.2 Å². The van der Waals surface area contributed by atoms with Crippen molar-refractivity contribution in [2.45, 2.75) is 6.92 Å². The van der Waals surface area contributed by atoms with Crippen LogP contribution in [0.4, 0.5) is 0 Å². The second-order valence-corrected chi connectivity index (χ2v) is 4.06. The van der Waals surface area contributed by atoms with Crippen LogP contribution in [0.1, 0.15) is 15.9 Å². The predicted molar refractivity (Wildman–Crippen MR) is 59.6 cm³/mol. The van der Waals surface area contributed by atoms with Crippen LogP contribution >= 0.6 is 15.9 Å². The number of benzene rings is 1. The fourth-order valence-electron chi connectivity index (χ4n) is 1.43. The van der Waals surface area contributed by atoms with Gasteiger partial charge in [-0.15, -0.1) is 0 Å². The Labute approximate surface area is 90.1 Å². The Morgan fingerprint density at radius 3 is 2.86 bits per heavy atom. The summed E-state index contributed by atoms with van der Waals surface area (Å²) in [6.07, 6.45) is 2.39. The van der Waals surface area contributed by atoms with Crippen molar-refractivity contribution in [1.82, 2.24) is 4.98 Å². The number of fused-ring (bicyclic) bond motifs is 1. The average molecular weight is 250 g/mol. The fraction of sp³-hybridized carbons (Fsp3) is 0.0909. The van der Waals surface area contributed by atoms with Crippen molar-refractivity contribution < 1.29 is 4.79 Å². The number of aldehydes is 1. The number of carbonyl (C=O) groups is 1. The van der Waals surface area contributed by atoms with Crippen molar-refractivity contribution in [2.75, 3.05) is 0 Å². The Morgan fingerprint density at radius 2 is 2.14 bits per heavy atom. The van der Waals surface area contributed by atoms with E-state index < -0.39 is 0 Å². The van der Waals surface area contributed by atoms with Crippen LogP contribution in [0.5, 0.6) is 0 Å². The molecule has 2 aromatic rings. The number of pyridine rings is 1. The van der Waals surface area contributed by atoms with Gasteiger partial charge in [-0.2, -0.15) is 0 Å². The van der Waals surface area contributed by atoms with Crippen molar-refractivity contribution in [3.05, 3.63) is 40.0 Å². The lowest BCUT2D eigenvalue weighted by atomic mass is 10.1. The van der Waals surface area contributed by atoms with Crippen molar-refractivity contribution in [1.29, 1.82) is 0 Å². The zero-order valence-corrected chi connectivity index (χ0v) is 9.21. The van der Waals surface area contributed by atoms with E-state index >= 15 is 0 Å². The number of rotatable bonds is 1. The summed E-state index contributed by atoms with van der Waals surface area (Å²) in [6, 6.07) is 5.86. The molecule has 0 spiro atoms. The van der Waals surface area contributed by atoms with E-state index in [4.69, 9.17) is 0 Å². The zero-order valence-electron chi connectivity index (χ0n) is 7.62. The molecule has 14 heavy (non-hydrogen) atoms. The molecule has 0 atom stereocenters. The second-order valence-electron chi connectivity index (χ2n) is 3.20. The molecule has 0 saturated heterocycles. The number of hydrogen-bond acceptors (Lipinski definition) is 2. The van der Waals surface area contributed by atoms with Crippen LogP contribution in [0.3, 0.4) is 0 Å². The minimum atomic E-state index is 0.606. The molecule has 0 amide bonds. The summed E-state index contributed by atoms with van der Waals surface area (Å²) < 4.78 is 0.963. The normalized spacial score (nSPS) is 10.4. The second kappa shape index (κ2) is 3.50. The van der Waals surface area contributed by atoms with Gasteiger partial charge in [-0.05, 0) is 46.6 Å². The van der Waals surface area contributed by atoms with Gasteiger partial charge in [0.1, 0.15) is 0 Å². The van der Waals surface area contributed by atoms with Crippen LogP contribution in [0.15, 0.2) is 28.9 Å². The van der Waals surface area contributed by atoms with Gasteiger partial charge >= 0.3 is 0 Å². The molecule has 0 fully saturated rings. The Morgan fingerprint density at radius 1 is 1.36 bits per heavy atom. The number of nitrogens with zero attached hydrogens (tertiary/aromatic N) is 1. The minimum absolute atomic E-state index is 0.606. The Kier molecular flexibility index (Phi) is 2.33. The minimum Gasteiger partial charge on any atom is -0.298 e. The van der Waals surface area contributed by atoms with Gasteiger partial charge in [0.25, 0.3) is 0 Å². The largest absolute Gasteiger partial charge is 0.298 e. The quantitative estimate of drug-likeness (QED) is 0.728. The van der Waals surface area contributed by atoms with Gasteiger partial charge in [-0.1, -0.05) is 0 Å². The first-order valence-electron chi connectivity index (χ1n) is 4.22. The topological polar surface area (TPSA) is 30.0 Å². The molecule has 0 unspecified atom stereocenters. The zero-order chi connectivity index (χ0) is 10.1. The molecule has 0 saturated carbocycles. The lowest BCUT2D eigenvalue weighted by Gasteiger charge is -2.02.